The Hall–Kier alpha value is -0.880. The predicted octanol–water partition coefficient (Wildman–Crippen LogP) is -0.252. The van der Waals surface area contributed by atoms with Gasteiger partial charge in [-0.15, -0.1) is 0 Å². The van der Waals surface area contributed by atoms with Crippen LogP contribution in [-0.4, -0.2) is 55.5 Å². The Bertz CT molecular complexity index is 358. The lowest BCUT2D eigenvalue weighted by Crippen LogP contribution is -2.40. The zero-order chi connectivity index (χ0) is 11.5. The van der Waals surface area contributed by atoms with E-state index in [0.717, 1.165) is 11.6 Å². The summed E-state index contributed by atoms with van der Waals surface area (Å²) < 4.78 is 22.2. The van der Waals surface area contributed by atoms with Crippen LogP contribution in [0.15, 0.2) is 11.6 Å². The van der Waals surface area contributed by atoms with Gasteiger partial charge in [0.05, 0.1) is 11.5 Å². The van der Waals surface area contributed by atoms with Gasteiger partial charge in [-0.2, -0.15) is 0 Å². The molecule has 1 N–H and O–H groups in total. The number of hydrogen-bond donors (Lipinski definition) is 1. The highest BCUT2D eigenvalue weighted by Gasteiger charge is 2.21. The summed E-state index contributed by atoms with van der Waals surface area (Å²) in [7, 11) is -2.85. The van der Waals surface area contributed by atoms with Crippen LogP contribution >= 0.6 is 0 Å². The van der Waals surface area contributed by atoms with E-state index in [9.17, 15) is 13.2 Å². The van der Waals surface area contributed by atoms with E-state index in [2.05, 4.69) is 0 Å². The van der Waals surface area contributed by atoms with Crippen LogP contribution in [0.2, 0.25) is 0 Å². The minimum Gasteiger partial charge on any atom is -0.478 e. The van der Waals surface area contributed by atoms with Crippen molar-refractivity contribution in [2.45, 2.75) is 6.92 Å². The van der Waals surface area contributed by atoms with Crippen molar-refractivity contribution in [3.8, 4) is 0 Å². The zero-order valence-corrected chi connectivity index (χ0v) is 9.46. The van der Waals surface area contributed by atoms with Crippen LogP contribution in [0.5, 0.6) is 0 Å². The van der Waals surface area contributed by atoms with Gasteiger partial charge in [-0.05, 0) is 6.92 Å². The standard InChI is InChI=1S/C9H15NO4S/c1-8(6-9(11)12)7-10-2-4-15(13,14)5-3-10/h6H,2-5,7H2,1H3,(H,11,12). The minimum absolute atomic E-state index is 0.174. The molecule has 5 nitrogen and oxygen atoms in total. The molecule has 0 aromatic carbocycles. The van der Waals surface area contributed by atoms with E-state index < -0.39 is 15.8 Å². The van der Waals surface area contributed by atoms with E-state index in [1.807, 2.05) is 4.90 Å². The van der Waals surface area contributed by atoms with Gasteiger partial charge in [0, 0.05) is 25.7 Å². The van der Waals surface area contributed by atoms with Crippen molar-refractivity contribution in [3.05, 3.63) is 11.6 Å². The quantitative estimate of drug-likeness (QED) is 0.680. The smallest absolute Gasteiger partial charge is 0.328 e. The van der Waals surface area contributed by atoms with Gasteiger partial charge in [0.1, 0.15) is 0 Å². The third-order valence-electron chi connectivity index (χ3n) is 2.28. The zero-order valence-electron chi connectivity index (χ0n) is 8.64. The topological polar surface area (TPSA) is 74.7 Å². The van der Waals surface area contributed by atoms with Crippen LogP contribution in [0.25, 0.3) is 0 Å². The fourth-order valence-electron chi connectivity index (χ4n) is 1.52. The first-order chi connectivity index (χ1) is 6.89. The molecule has 0 amide bonds. The van der Waals surface area contributed by atoms with Crippen LogP contribution < -0.4 is 0 Å². The summed E-state index contributed by atoms with van der Waals surface area (Å²) in [5.41, 5.74) is 0.738. The second kappa shape index (κ2) is 4.76. The molecule has 1 heterocycles. The fourth-order valence-corrected chi connectivity index (χ4v) is 2.79. The predicted molar refractivity (Wildman–Crippen MR) is 56.5 cm³/mol. The lowest BCUT2D eigenvalue weighted by molar-refractivity contribution is -0.131. The summed E-state index contributed by atoms with van der Waals surface area (Å²) >= 11 is 0. The molecule has 0 aromatic heterocycles. The highest BCUT2D eigenvalue weighted by Crippen LogP contribution is 2.06. The molecule has 0 unspecified atom stereocenters. The monoisotopic (exact) mass is 233 g/mol. The van der Waals surface area contributed by atoms with E-state index in [1.165, 1.54) is 0 Å². The van der Waals surface area contributed by atoms with Crippen LogP contribution in [0.3, 0.4) is 0 Å². The maximum absolute atomic E-state index is 11.1. The Labute approximate surface area is 89.3 Å². The second-order valence-corrected chi connectivity index (χ2v) is 6.06. The van der Waals surface area contributed by atoms with Gasteiger partial charge < -0.3 is 5.11 Å². The van der Waals surface area contributed by atoms with Crippen molar-refractivity contribution in [1.82, 2.24) is 4.90 Å². The SMILES string of the molecule is CC(=CC(=O)O)CN1CCS(=O)(=O)CC1. The summed E-state index contributed by atoms with van der Waals surface area (Å²) in [6, 6.07) is 0. The van der Waals surface area contributed by atoms with Crippen molar-refractivity contribution in [2.24, 2.45) is 0 Å². The highest BCUT2D eigenvalue weighted by atomic mass is 32.2. The molecule has 0 radical (unpaired) electrons. The molecule has 1 aliphatic heterocycles. The fraction of sp³-hybridized carbons (Fsp3) is 0.667. The normalized spacial score (nSPS) is 22.6. The summed E-state index contributed by atoms with van der Waals surface area (Å²) in [4.78, 5) is 12.3. The highest BCUT2D eigenvalue weighted by molar-refractivity contribution is 7.91. The molecular formula is C9H15NO4S. The van der Waals surface area contributed by atoms with E-state index in [1.54, 1.807) is 6.92 Å². The van der Waals surface area contributed by atoms with Gasteiger partial charge in [0.25, 0.3) is 0 Å². The third-order valence-corrected chi connectivity index (χ3v) is 3.89. The molecule has 0 aromatic rings. The molecule has 86 valence electrons. The number of hydrogen-bond acceptors (Lipinski definition) is 4. The number of aliphatic carboxylic acids is 1. The summed E-state index contributed by atoms with van der Waals surface area (Å²) in [6.45, 7) is 3.25. The Morgan fingerprint density at radius 2 is 1.93 bits per heavy atom. The van der Waals surface area contributed by atoms with Crippen LogP contribution in [-0.2, 0) is 14.6 Å². The number of nitrogens with zero attached hydrogens (tertiary/aromatic N) is 1. The van der Waals surface area contributed by atoms with E-state index in [-0.39, 0.29) is 11.5 Å². The van der Waals surface area contributed by atoms with Gasteiger partial charge in [0.15, 0.2) is 9.84 Å². The molecule has 0 aliphatic carbocycles. The molecule has 0 bridgehead atoms. The number of rotatable bonds is 3. The molecule has 1 aliphatic rings. The van der Waals surface area contributed by atoms with Gasteiger partial charge in [0.2, 0.25) is 0 Å². The van der Waals surface area contributed by atoms with Crippen LogP contribution in [0, 0.1) is 0 Å². The van der Waals surface area contributed by atoms with Crippen molar-refractivity contribution in [1.29, 1.82) is 0 Å². The first-order valence-electron chi connectivity index (χ1n) is 4.72. The van der Waals surface area contributed by atoms with Crippen molar-refractivity contribution in [2.75, 3.05) is 31.1 Å². The van der Waals surface area contributed by atoms with Gasteiger partial charge >= 0.3 is 5.97 Å². The molecule has 15 heavy (non-hydrogen) atoms. The Morgan fingerprint density at radius 3 is 2.40 bits per heavy atom. The number of carboxylic acids is 1. The molecule has 1 saturated heterocycles. The Kier molecular flexibility index (Phi) is 3.87. The molecule has 0 spiro atoms. The number of carboxylic acid groups (broad SMARTS) is 1. The van der Waals surface area contributed by atoms with Gasteiger partial charge in [-0.1, -0.05) is 5.57 Å². The summed E-state index contributed by atoms with van der Waals surface area (Å²) in [5, 5.41) is 8.51. The van der Waals surface area contributed by atoms with Crippen molar-refractivity contribution >= 4 is 15.8 Å². The molecule has 1 fully saturated rings. The average Bonchev–Trinajstić information content (AvgIpc) is 2.07. The average molecular weight is 233 g/mol. The Balaban J connectivity index is 2.46. The largest absolute Gasteiger partial charge is 0.478 e. The maximum atomic E-state index is 11.1. The van der Waals surface area contributed by atoms with E-state index in [4.69, 9.17) is 5.11 Å². The Morgan fingerprint density at radius 1 is 1.40 bits per heavy atom. The van der Waals surface area contributed by atoms with Crippen LogP contribution in [0.4, 0.5) is 0 Å². The minimum atomic E-state index is -2.85. The van der Waals surface area contributed by atoms with E-state index >= 15 is 0 Å². The lowest BCUT2D eigenvalue weighted by Gasteiger charge is -2.26. The molecule has 0 atom stereocenters. The second-order valence-electron chi connectivity index (χ2n) is 3.76. The van der Waals surface area contributed by atoms with E-state index in [0.29, 0.717) is 19.6 Å². The third kappa shape index (κ3) is 4.44. The molecular weight excluding hydrogens is 218 g/mol. The van der Waals surface area contributed by atoms with Crippen LogP contribution in [0.1, 0.15) is 6.92 Å². The molecule has 6 heteroatoms. The first kappa shape index (κ1) is 12.2. The molecule has 0 saturated carbocycles. The number of carbonyl (C=O) groups is 1. The van der Waals surface area contributed by atoms with Crippen molar-refractivity contribution in [3.63, 3.8) is 0 Å². The number of sulfone groups is 1. The van der Waals surface area contributed by atoms with Crippen molar-refractivity contribution < 1.29 is 18.3 Å². The summed E-state index contributed by atoms with van der Waals surface area (Å²) in [5.74, 6) is -0.613. The first-order valence-corrected chi connectivity index (χ1v) is 6.54. The molecule has 1 rings (SSSR count). The summed E-state index contributed by atoms with van der Waals surface area (Å²) in [6.07, 6.45) is 1.16. The maximum Gasteiger partial charge on any atom is 0.328 e. The lowest BCUT2D eigenvalue weighted by atomic mass is 10.2. The van der Waals surface area contributed by atoms with Gasteiger partial charge in [-0.3, -0.25) is 4.90 Å². The van der Waals surface area contributed by atoms with Gasteiger partial charge in [-0.25, -0.2) is 13.2 Å².